The SMILES string of the molecule is Cn1cc(S(=O)(=O)NC2(C)COC2)cc1C(=O)Nc1cc(Cl)c(F)c(Cl)c1. The molecule has 0 spiro atoms. The molecule has 0 atom stereocenters. The average Bonchev–Trinajstić information content (AvgIpc) is 2.93. The van der Waals surface area contributed by atoms with E-state index in [1.807, 2.05) is 0 Å². The predicted octanol–water partition coefficient (Wildman–Crippen LogP) is 2.79. The molecule has 0 radical (unpaired) electrons. The number of sulfonamides is 1. The van der Waals surface area contributed by atoms with Gasteiger partial charge < -0.3 is 14.6 Å². The molecule has 2 N–H and O–H groups in total. The van der Waals surface area contributed by atoms with Crippen LogP contribution in [0.4, 0.5) is 10.1 Å². The topological polar surface area (TPSA) is 89.4 Å². The number of hydrogen-bond acceptors (Lipinski definition) is 4. The molecule has 1 aliphatic heterocycles. The van der Waals surface area contributed by atoms with Crippen LogP contribution < -0.4 is 10.0 Å². The highest BCUT2D eigenvalue weighted by Crippen LogP contribution is 2.28. The van der Waals surface area contributed by atoms with Crippen molar-refractivity contribution >= 4 is 44.8 Å². The minimum absolute atomic E-state index is 0.0570. The molecule has 0 saturated carbocycles. The fourth-order valence-electron chi connectivity index (χ4n) is 2.58. The van der Waals surface area contributed by atoms with Crippen LogP contribution in [0.15, 0.2) is 29.3 Å². The van der Waals surface area contributed by atoms with E-state index < -0.39 is 27.3 Å². The lowest BCUT2D eigenvalue weighted by atomic mass is 10.0. The molecular formula is C16H16Cl2FN3O4S. The Morgan fingerprint density at radius 2 is 1.85 bits per heavy atom. The number of carbonyl (C=O) groups is 1. The first-order valence-corrected chi connectivity index (χ1v) is 9.99. The molecule has 0 aliphatic carbocycles. The number of aryl methyl sites for hydroxylation is 1. The summed E-state index contributed by atoms with van der Waals surface area (Å²) in [7, 11) is -2.29. The molecule has 2 aromatic rings. The van der Waals surface area contributed by atoms with E-state index in [1.165, 1.54) is 36.0 Å². The van der Waals surface area contributed by atoms with Crippen LogP contribution in [0.5, 0.6) is 0 Å². The van der Waals surface area contributed by atoms with Gasteiger partial charge in [-0.2, -0.15) is 0 Å². The summed E-state index contributed by atoms with van der Waals surface area (Å²) in [6, 6.07) is 3.66. The third-order valence-corrected chi connectivity index (χ3v) is 6.14. The lowest BCUT2D eigenvalue weighted by Gasteiger charge is -2.38. The third-order valence-electron chi connectivity index (χ3n) is 3.99. The van der Waals surface area contributed by atoms with Crippen molar-refractivity contribution in [1.29, 1.82) is 0 Å². The van der Waals surface area contributed by atoms with Crippen molar-refractivity contribution in [1.82, 2.24) is 9.29 Å². The molecule has 0 bridgehead atoms. The fourth-order valence-corrected chi connectivity index (χ4v) is 4.52. The van der Waals surface area contributed by atoms with Crippen LogP contribution in [-0.4, -0.2) is 37.6 Å². The van der Waals surface area contributed by atoms with Gasteiger partial charge in [-0.1, -0.05) is 23.2 Å². The smallest absolute Gasteiger partial charge is 0.272 e. The number of anilines is 1. The lowest BCUT2D eigenvalue weighted by molar-refractivity contribution is -0.0523. The highest BCUT2D eigenvalue weighted by Gasteiger charge is 2.38. The van der Waals surface area contributed by atoms with Crippen molar-refractivity contribution in [2.45, 2.75) is 17.4 Å². The maximum absolute atomic E-state index is 13.5. The van der Waals surface area contributed by atoms with E-state index in [9.17, 15) is 17.6 Å². The monoisotopic (exact) mass is 435 g/mol. The maximum Gasteiger partial charge on any atom is 0.272 e. The Bertz CT molecular complexity index is 996. The summed E-state index contributed by atoms with van der Waals surface area (Å²) in [5, 5.41) is 2.03. The summed E-state index contributed by atoms with van der Waals surface area (Å²) in [5.74, 6) is -1.39. The molecular weight excluding hydrogens is 420 g/mol. The van der Waals surface area contributed by atoms with Gasteiger partial charge >= 0.3 is 0 Å². The number of nitrogens with one attached hydrogen (secondary N) is 2. The molecule has 146 valence electrons. The summed E-state index contributed by atoms with van der Waals surface area (Å²) >= 11 is 11.4. The summed E-state index contributed by atoms with van der Waals surface area (Å²) in [6.45, 7) is 2.28. The Kier molecular flexibility index (Phi) is 5.26. The first kappa shape index (κ1) is 20.1. The highest BCUT2D eigenvalue weighted by molar-refractivity contribution is 7.89. The second kappa shape index (κ2) is 7.06. The Morgan fingerprint density at radius 3 is 2.37 bits per heavy atom. The van der Waals surface area contributed by atoms with Gasteiger partial charge in [0.25, 0.3) is 5.91 Å². The van der Waals surface area contributed by atoms with E-state index in [1.54, 1.807) is 6.92 Å². The van der Waals surface area contributed by atoms with Gasteiger partial charge in [0.2, 0.25) is 10.0 Å². The molecule has 1 aromatic heterocycles. The van der Waals surface area contributed by atoms with Gasteiger partial charge in [0, 0.05) is 18.9 Å². The van der Waals surface area contributed by atoms with Gasteiger partial charge in [0.1, 0.15) is 10.6 Å². The standard InChI is InChI=1S/C16H16Cl2FN3O4S/c1-16(7-26-8-16)21-27(24,25)10-5-13(22(2)6-10)15(23)20-9-3-11(17)14(19)12(18)4-9/h3-6,21H,7-8H2,1-2H3,(H,20,23). The summed E-state index contributed by atoms with van der Waals surface area (Å²) in [6.07, 6.45) is 1.32. The highest BCUT2D eigenvalue weighted by atomic mass is 35.5. The Labute approximate surface area is 165 Å². The first-order valence-electron chi connectivity index (χ1n) is 7.75. The second-order valence-electron chi connectivity index (χ2n) is 6.54. The Balaban J connectivity index is 1.82. The number of benzene rings is 1. The van der Waals surface area contributed by atoms with E-state index in [-0.39, 0.29) is 39.5 Å². The number of aromatic nitrogens is 1. The van der Waals surface area contributed by atoms with E-state index in [0.717, 1.165) is 0 Å². The van der Waals surface area contributed by atoms with E-state index >= 15 is 0 Å². The minimum atomic E-state index is -3.83. The summed E-state index contributed by atoms with van der Waals surface area (Å²) < 4.78 is 47.5. The molecule has 27 heavy (non-hydrogen) atoms. The first-order chi connectivity index (χ1) is 12.5. The van der Waals surface area contributed by atoms with Crippen LogP contribution in [0.25, 0.3) is 0 Å². The van der Waals surface area contributed by atoms with Crippen LogP contribution in [0.2, 0.25) is 10.0 Å². The Morgan fingerprint density at radius 1 is 1.26 bits per heavy atom. The van der Waals surface area contributed by atoms with Crippen molar-refractivity contribution in [2.24, 2.45) is 7.05 Å². The second-order valence-corrected chi connectivity index (χ2v) is 9.04. The molecule has 3 rings (SSSR count). The molecule has 1 amide bonds. The van der Waals surface area contributed by atoms with Crippen LogP contribution in [0, 0.1) is 5.82 Å². The molecule has 1 aromatic carbocycles. The van der Waals surface area contributed by atoms with E-state index in [4.69, 9.17) is 27.9 Å². The van der Waals surface area contributed by atoms with Crippen LogP contribution in [0.3, 0.4) is 0 Å². The van der Waals surface area contributed by atoms with Gasteiger partial charge in [-0.15, -0.1) is 0 Å². The van der Waals surface area contributed by atoms with Gasteiger partial charge in [0.05, 0.1) is 28.8 Å². The lowest BCUT2D eigenvalue weighted by Crippen LogP contribution is -2.59. The van der Waals surface area contributed by atoms with Crippen LogP contribution >= 0.6 is 23.2 Å². The van der Waals surface area contributed by atoms with Crippen molar-refractivity contribution in [3.8, 4) is 0 Å². The summed E-state index contributed by atoms with van der Waals surface area (Å²) in [4.78, 5) is 12.4. The number of amides is 1. The number of halogens is 3. The van der Waals surface area contributed by atoms with Crippen molar-refractivity contribution in [2.75, 3.05) is 18.5 Å². The summed E-state index contributed by atoms with van der Waals surface area (Å²) in [5.41, 5.74) is -0.403. The zero-order valence-electron chi connectivity index (χ0n) is 14.3. The quantitative estimate of drug-likeness (QED) is 0.706. The zero-order chi connectivity index (χ0) is 20.0. The number of hydrogen-bond donors (Lipinski definition) is 2. The molecule has 1 saturated heterocycles. The van der Waals surface area contributed by atoms with Crippen LogP contribution in [0.1, 0.15) is 17.4 Å². The third kappa shape index (κ3) is 4.12. The van der Waals surface area contributed by atoms with Crippen LogP contribution in [-0.2, 0) is 21.8 Å². The Hall–Kier alpha value is -1.65. The molecule has 7 nitrogen and oxygen atoms in total. The molecule has 2 heterocycles. The van der Waals surface area contributed by atoms with Crippen molar-refractivity contribution in [3.05, 3.63) is 46.0 Å². The zero-order valence-corrected chi connectivity index (χ0v) is 16.7. The average molecular weight is 436 g/mol. The van der Waals surface area contributed by atoms with Crippen molar-refractivity contribution < 1.29 is 22.3 Å². The molecule has 0 unspecified atom stereocenters. The largest absolute Gasteiger partial charge is 0.377 e. The maximum atomic E-state index is 13.5. The van der Waals surface area contributed by atoms with E-state index in [2.05, 4.69) is 10.0 Å². The molecule has 1 fully saturated rings. The molecule has 11 heteroatoms. The number of ether oxygens (including phenoxy) is 1. The minimum Gasteiger partial charge on any atom is -0.377 e. The van der Waals surface area contributed by atoms with Gasteiger partial charge in [-0.25, -0.2) is 17.5 Å². The van der Waals surface area contributed by atoms with Gasteiger partial charge in [-0.3, -0.25) is 4.79 Å². The molecule has 1 aliphatic rings. The number of nitrogens with zero attached hydrogens (tertiary/aromatic N) is 1. The number of rotatable bonds is 5. The van der Waals surface area contributed by atoms with Gasteiger partial charge in [-0.05, 0) is 25.1 Å². The van der Waals surface area contributed by atoms with Gasteiger partial charge in [0.15, 0.2) is 5.82 Å². The van der Waals surface area contributed by atoms with E-state index in [0.29, 0.717) is 0 Å². The number of carbonyl (C=O) groups excluding carboxylic acids is 1. The van der Waals surface area contributed by atoms with Crippen molar-refractivity contribution in [3.63, 3.8) is 0 Å². The predicted molar refractivity (Wildman–Crippen MR) is 99.3 cm³/mol. The fraction of sp³-hybridized carbons (Fsp3) is 0.312. The normalized spacial score (nSPS) is 16.0.